The van der Waals surface area contributed by atoms with Crippen molar-refractivity contribution in [1.29, 1.82) is 0 Å². The minimum atomic E-state index is -0.308. The van der Waals surface area contributed by atoms with Crippen molar-refractivity contribution in [2.24, 2.45) is 5.92 Å². The third kappa shape index (κ3) is 3.42. The van der Waals surface area contributed by atoms with Gasteiger partial charge >= 0.3 is 0 Å². The molecule has 0 aliphatic heterocycles. The molecule has 3 heteroatoms. The molecule has 90 valence electrons. The van der Waals surface area contributed by atoms with Crippen molar-refractivity contribution in [2.75, 3.05) is 14.2 Å². The number of hydrogen-bond acceptors (Lipinski definition) is 3. The molecule has 0 aliphatic carbocycles. The molecule has 16 heavy (non-hydrogen) atoms. The van der Waals surface area contributed by atoms with Gasteiger partial charge < -0.3 is 14.6 Å². The van der Waals surface area contributed by atoms with Crippen LogP contribution in [0.2, 0.25) is 0 Å². The molecule has 0 aliphatic rings. The van der Waals surface area contributed by atoms with Gasteiger partial charge in [0.15, 0.2) is 0 Å². The maximum atomic E-state index is 9.47. The minimum absolute atomic E-state index is 0.219. The molecular formula is C13H20O3. The Morgan fingerprint density at radius 2 is 1.56 bits per heavy atom. The van der Waals surface area contributed by atoms with E-state index in [1.165, 1.54) is 0 Å². The minimum Gasteiger partial charge on any atom is -0.497 e. The second kappa shape index (κ2) is 5.75. The third-order valence-corrected chi connectivity index (χ3v) is 2.79. The summed E-state index contributed by atoms with van der Waals surface area (Å²) in [7, 11) is 3.27. The first-order valence-electron chi connectivity index (χ1n) is 5.46. The van der Waals surface area contributed by atoms with Gasteiger partial charge in [0.25, 0.3) is 0 Å². The number of benzene rings is 1. The normalized spacial score (nSPS) is 14.3. The second-order valence-corrected chi connectivity index (χ2v) is 4.14. The Morgan fingerprint density at radius 3 is 1.94 bits per heavy atom. The summed E-state index contributed by atoms with van der Waals surface area (Å²) in [6.45, 7) is 3.83. The van der Waals surface area contributed by atoms with Crippen molar-refractivity contribution in [3.05, 3.63) is 23.8 Å². The lowest BCUT2D eigenvalue weighted by Crippen LogP contribution is -2.15. The number of rotatable bonds is 5. The number of ether oxygens (including phenoxy) is 2. The van der Waals surface area contributed by atoms with Crippen LogP contribution in [0.25, 0.3) is 0 Å². The summed E-state index contributed by atoms with van der Waals surface area (Å²) in [5.41, 5.74) is 1.12. The van der Waals surface area contributed by atoms with E-state index in [-0.39, 0.29) is 12.0 Å². The molecule has 0 amide bonds. The van der Waals surface area contributed by atoms with Crippen LogP contribution in [-0.4, -0.2) is 25.4 Å². The van der Waals surface area contributed by atoms with Crippen LogP contribution in [0, 0.1) is 5.92 Å². The van der Waals surface area contributed by atoms with Gasteiger partial charge in [0.2, 0.25) is 0 Å². The van der Waals surface area contributed by atoms with E-state index in [1.807, 2.05) is 32.0 Å². The van der Waals surface area contributed by atoms with Crippen molar-refractivity contribution >= 4 is 0 Å². The molecule has 0 heterocycles. The zero-order valence-electron chi connectivity index (χ0n) is 10.4. The zero-order chi connectivity index (χ0) is 12.1. The molecular weight excluding hydrogens is 204 g/mol. The fraction of sp³-hybridized carbons (Fsp3) is 0.538. The van der Waals surface area contributed by atoms with Crippen LogP contribution in [0.15, 0.2) is 18.2 Å². The van der Waals surface area contributed by atoms with Crippen molar-refractivity contribution < 1.29 is 14.6 Å². The average Bonchev–Trinajstić information content (AvgIpc) is 2.28. The average molecular weight is 224 g/mol. The summed E-state index contributed by atoms with van der Waals surface area (Å²) in [5, 5.41) is 9.47. The van der Waals surface area contributed by atoms with Crippen molar-refractivity contribution in [3.8, 4) is 11.5 Å². The number of aliphatic hydroxyl groups is 1. The molecule has 0 fully saturated rings. The van der Waals surface area contributed by atoms with Crippen LogP contribution < -0.4 is 9.47 Å². The predicted octanol–water partition coefficient (Wildman–Crippen LogP) is 2.26. The molecule has 0 saturated carbocycles. The largest absolute Gasteiger partial charge is 0.497 e. The molecule has 0 radical (unpaired) electrons. The highest BCUT2D eigenvalue weighted by Crippen LogP contribution is 2.24. The molecule has 0 bridgehead atoms. The highest BCUT2D eigenvalue weighted by atomic mass is 16.5. The van der Waals surface area contributed by atoms with E-state index < -0.39 is 0 Å². The lowest BCUT2D eigenvalue weighted by atomic mass is 9.96. The summed E-state index contributed by atoms with van der Waals surface area (Å²) in [6, 6.07) is 5.79. The Bertz CT molecular complexity index is 312. The first-order chi connectivity index (χ1) is 7.56. The second-order valence-electron chi connectivity index (χ2n) is 4.14. The number of aliphatic hydroxyl groups excluding tert-OH is 1. The maximum Gasteiger partial charge on any atom is 0.122 e. The van der Waals surface area contributed by atoms with Gasteiger partial charge in [-0.2, -0.15) is 0 Å². The van der Waals surface area contributed by atoms with Crippen LogP contribution in [0.4, 0.5) is 0 Å². The monoisotopic (exact) mass is 224 g/mol. The molecule has 0 saturated heterocycles. The molecule has 1 aromatic carbocycles. The first kappa shape index (κ1) is 12.8. The van der Waals surface area contributed by atoms with Crippen molar-refractivity contribution in [3.63, 3.8) is 0 Å². The molecule has 1 N–H and O–H groups in total. The summed E-state index contributed by atoms with van der Waals surface area (Å²) in [4.78, 5) is 0. The van der Waals surface area contributed by atoms with Gasteiger partial charge in [-0.15, -0.1) is 0 Å². The van der Waals surface area contributed by atoms with E-state index in [2.05, 4.69) is 0 Å². The number of hydrogen-bond donors (Lipinski definition) is 1. The van der Waals surface area contributed by atoms with E-state index in [0.717, 1.165) is 23.5 Å². The predicted molar refractivity (Wildman–Crippen MR) is 64.1 cm³/mol. The van der Waals surface area contributed by atoms with Crippen LogP contribution >= 0.6 is 0 Å². The summed E-state index contributed by atoms with van der Waals surface area (Å²) >= 11 is 0. The standard InChI is InChI=1S/C13H20O3/c1-9(10(2)14)5-11-6-12(15-3)8-13(7-11)16-4/h6-10,14H,5H2,1-4H3. The first-order valence-corrected chi connectivity index (χ1v) is 5.46. The molecule has 0 aromatic heterocycles. The lowest BCUT2D eigenvalue weighted by molar-refractivity contribution is 0.135. The van der Waals surface area contributed by atoms with Gasteiger partial charge in [0.1, 0.15) is 11.5 Å². The quantitative estimate of drug-likeness (QED) is 0.833. The maximum absolute atomic E-state index is 9.47. The smallest absolute Gasteiger partial charge is 0.122 e. The Kier molecular flexibility index (Phi) is 4.62. The highest BCUT2D eigenvalue weighted by Gasteiger charge is 2.11. The van der Waals surface area contributed by atoms with Gasteiger partial charge in [-0.1, -0.05) is 6.92 Å². The third-order valence-electron chi connectivity index (χ3n) is 2.79. The van der Waals surface area contributed by atoms with E-state index in [9.17, 15) is 5.11 Å². The fourth-order valence-electron chi connectivity index (χ4n) is 1.53. The van der Waals surface area contributed by atoms with Gasteiger partial charge in [-0.25, -0.2) is 0 Å². The topological polar surface area (TPSA) is 38.7 Å². The Hall–Kier alpha value is -1.22. The van der Waals surface area contributed by atoms with Crippen LogP contribution in [0.3, 0.4) is 0 Å². The molecule has 1 rings (SSSR count). The molecule has 2 unspecified atom stereocenters. The summed E-state index contributed by atoms with van der Waals surface area (Å²) < 4.78 is 10.4. The van der Waals surface area contributed by atoms with Crippen molar-refractivity contribution in [1.82, 2.24) is 0 Å². The van der Waals surface area contributed by atoms with Crippen LogP contribution in [-0.2, 0) is 6.42 Å². The summed E-state index contributed by atoms with van der Waals surface area (Å²) in [5.74, 6) is 1.79. The molecule has 2 atom stereocenters. The molecule has 3 nitrogen and oxygen atoms in total. The fourth-order valence-corrected chi connectivity index (χ4v) is 1.53. The van der Waals surface area contributed by atoms with E-state index >= 15 is 0 Å². The van der Waals surface area contributed by atoms with Gasteiger partial charge in [-0.3, -0.25) is 0 Å². The van der Waals surface area contributed by atoms with Gasteiger partial charge in [0, 0.05) is 6.07 Å². The van der Waals surface area contributed by atoms with Crippen LogP contribution in [0.5, 0.6) is 11.5 Å². The highest BCUT2D eigenvalue weighted by molar-refractivity contribution is 5.38. The Balaban J connectivity index is 2.86. The number of methoxy groups -OCH3 is 2. The van der Waals surface area contributed by atoms with E-state index in [1.54, 1.807) is 14.2 Å². The SMILES string of the molecule is COc1cc(CC(C)C(C)O)cc(OC)c1. The molecule has 1 aromatic rings. The molecule has 0 spiro atoms. The van der Waals surface area contributed by atoms with Gasteiger partial charge in [0.05, 0.1) is 20.3 Å². The summed E-state index contributed by atoms with van der Waals surface area (Å²) in [6.07, 6.45) is 0.503. The van der Waals surface area contributed by atoms with Crippen molar-refractivity contribution in [2.45, 2.75) is 26.4 Å². The van der Waals surface area contributed by atoms with E-state index in [4.69, 9.17) is 9.47 Å². The van der Waals surface area contributed by atoms with Crippen LogP contribution in [0.1, 0.15) is 19.4 Å². The zero-order valence-corrected chi connectivity index (χ0v) is 10.4. The Morgan fingerprint density at radius 1 is 1.06 bits per heavy atom. The Labute approximate surface area is 97.0 Å². The lowest BCUT2D eigenvalue weighted by Gasteiger charge is -2.15. The van der Waals surface area contributed by atoms with Gasteiger partial charge in [-0.05, 0) is 37.0 Å². The van der Waals surface area contributed by atoms with E-state index in [0.29, 0.717) is 0 Å².